The van der Waals surface area contributed by atoms with Crippen LogP contribution in [0.4, 0.5) is 11.5 Å². The van der Waals surface area contributed by atoms with E-state index in [0.29, 0.717) is 30.2 Å². The third kappa shape index (κ3) is 4.91. The smallest absolute Gasteiger partial charge is 0.354 e. The van der Waals surface area contributed by atoms with Crippen LogP contribution in [0.3, 0.4) is 0 Å². The van der Waals surface area contributed by atoms with Gasteiger partial charge in [-0.25, -0.2) is 9.78 Å². The maximum Gasteiger partial charge on any atom is 0.354 e. The van der Waals surface area contributed by atoms with E-state index in [2.05, 4.69) is 26.8 Å². The van der Waals surface area contributed by atoms with Gasteiger partial charge >= 0.3 is 5.97 Å². The molecule has 1 amide bonds. The number of nitriles is 1. The van der Waals surface area contributed by atoms with E-state index in [1.165, 1.54) is 0 Å². The molecule has 1 aliphatic rings. The van der Waals surface area contributed by atoms with E-state index in [9.17, 15) is 9.59 Å². The third-order valence-corrected chi connectivity index (χ3v) is 4.39. The highest BCUT2D eigenvalue weighted by molar-refractivity contribution is 6.38. The average Bonchev–Trinajstić information content (AvgIpc) is 3.23. The molecule has 3 rings (SSSR count). The fourth-order valence-electron chi connectivity index (χ4n) is 2.99. The summed E-state index contributed by atoms with van der Waals surface area (Å²) in [7, 11) is 0. The van der Waals surface area contributed by atoms with Crippen molar-refractivity contribution in [3.8, 4) is 6.07 Å². The van der Waals surface area contributed by atoms with Gasteiger partial charge in [0.05, 0.1) is 17.9 Å². The van der Waals surface area contributed by atoms with Crippen LogP contribution in [0.1, 0.15) is 18.9 Å². The lowest BCUT2D eigenvalue weighted by molar-refractivity contribution is -0.135. The first-order valence-electron chi connectivity index (χ1n) is 9.59. The van der Waals surface area contributed by atoms with Gasteiger partial charge in [0.1, 0.15) is 23.6 Å². The molecule has 1 unspecified atom stereocenters. The van der Waals surface area contributed by atoms with Gasteiger partial charge in [0, 0.05) is 25.7 Å². The van der Waals surface area contributed by atoms with E-state index in [1.807, 2.05) is 30.3 Å². The van der Waals surface area contributed by atoms with Crippen molar-refractivity contribution in [2.75, 3.05) is 30.0 Å². The third-order valence-electron chi connectivity index (χ3n) is 4.39. The zero-order chi connectivity index (χ0) is 21.3. The first kappa shape index (κ1) is 20.8. The fraction of sp³-hybridized carbons (Fsp3) is 0.286. The molecule has 9 heteroatoms. The van der Waals surface area contributed by atoms with Crippen LogP contribution in [-0.4, -0.2) is 48.3 Å². The summed E-state index contributed by atoms with van der Waals surface area (Å²) in [6, 6.07) is 13.9. The van der Waals surface area contributed by atoms with Crippen LogP contribution >= 0.6 is 0 Å². The second-order valence-electron chi connectivity index (χ2n) is 6.40. The van der Waals surface area contributed by atoms with Gasteiger partial charge in [0.15, 0.2) is 0 Å². The number of hydrazone groups is 1. The maximum absolute atomic E-state index is 12.8. The zero-order valence-corrected chi connectivity index (χ0v) is 16.5. The molecule has 0 saturated heterocycles. The molecule has 30 heavy (non-hydrogen) atoms. The van der Waals surface area contributed by atoms with Crippen LogP contribution in [0.2, 0.25) is 0 Å². The summed E-state index contributed by atoms with van der Waals surface area (Å²) in [5.74, 6) is -0.311. The van der Waals surface area contributed by atoms with E-state index >= 15 is 0 Å². The normalized spacial score (nSPS) is 15.1. The molecule has 1 aliphatic heterocycles. The second kappa shape index (κ2) is 10.0. The summed E-state index contributed by atoms with van der Waals surface area (Å²) in [5.41, 5.74) is 1.36. The molecule has 9 nitrogen and oxygen atoms in total. The number of benzene rings is 1. The van der Waals surface area contributed by atoms with Gasteiger partial charge in [-0.2, -0.15) is 10.4 Å². The Labute approximate surface area is 174 Å². The van der Waals surface area contributed by atoms with Crippen LogP contribution < -0.4 is 15.6 Å². The molecule has 1 aromatic heterocycles. The highest BCUT2D eigenvalue weighted by Gasteiger charge is 2.36. The predicted octanol–water partition coefficient (Wildman–Crippen LogP) is 1.68. The lowest BCUT2D eigenvalue weighted by Crippen LogP contribution is -2.44. The Bertz CT molecular complexity index is 970. The number of carbonyl (C=O) groups is 2. The minimum Gasteiger partial charge on any atom is -0.461 e. The minimum absolute atomic E-state index is 0.159. The van der Waals surface area contributed by atoms with Crippen molar-refractivity contribution in [3.63, 3.8) is 0 Å². The number of esters is 1. The monoisotopic (exact) mass is 406 g/mol. The summed E-state index contributed by atoms with van der Waals surface area (Å²) in [4.78, 5) is 29.0. The summed E-state index contributed by atoms with van der Waals surface area (Å²) in [6.07, 6.45) is 1.75. The second-order valence-corrected chi connectivity index (χ2v) is 6.40. The molecule has 0 aliphatic carbocycles. The lowest BCUT2D eigenvalue weighted by Gasteiger charge is -2.22. The molecule has 0 radical (unpaired) electrons. The molecule has 1 atom stereocenters. The molecule has 0 spiro atoms. The van der Waals surface area contributed by atoms with Gasteiger partial charge in [-0.3, -0.25) is 9.80 Å². The number of para-hydroxylation sites is 1. The molecule has 0 saturated carbocycles. The fourth-order valence-corrected chi connectivity index (χ4v) is 2.99. The Morgan fingerprint density at radius 2 is 2.03 bits per heavy atom. The molecule has 2 N–H and O–H groups in total. The minimum atomic E-state index is -0.656. The molecule has 2 aromatic rings. The van der Waals surface area contributed by atoms with E-state index in [0.717, 1.165) is 0 Å². The number of hydrogen-bond acceptors (Lipinski definition) is 8. The number of carbonyl (C=O) groups excluding carboxylic acids is 2. The van der Waals surface area contributed by atoms with Crippen molar-refractivity contribution in [2.45, 2.75) is 19.4 Å². The Morgan fingerprint density at radius 3 is 2.77 bits per heavy atom. The highest BCUT2D eigenvalue weighted by Crippen LogP contribution is 2.25. The summed E-state index contributed by atoms with van der Waals surface area (Å²) in [6.45, 7) is 2.66. The number of rotatable bonds is 8. The Kier molecular flexibility index (Phi) is 6.95. The van der Waals surface area contributed by atoms with Crippen LogP contribution in [0.15, 0.2) is 53.8 Å². The van der Waals surface area contributed by atoms with Gasteiger partial charge in [0.2, 0.25) is 5.91 Å². The van der Waals surface area contributed by atoms with Gasteiger partial charge in [-0.15, -0.1) is 0 Å². The quantitative estimate of drug-likeness (QED) is 0.505. The number of hydrogen-bond donors (Lipinski definition) is 2. The molecular weight excluding hydrogens is 384 g/mol. The van der Waals surface area contributed by atoms with Crippen LogP contribution in [0.25, 0.3) is 0 Å². The Hall–Kier alpha value is -3.93. The van der Waals surface area contributed by atoms with Gasteiger partial charge in [0.25, 0.3) is 0 Å². The zero-order valence-electron chi connectivity index (χ0n) is 16.5. The largest absolute Gasteiger partial charge is 0.461 e. The summed E-state index contributed by atoms with van der Waals surface area (Å²) >= 11 is 0. The molecule has 0 bridgehead atoms. The molecule has 1 aromatic carbocycles. The molecular formula is C21H22N6O3. The number of anilines is 2. The number of nitrogens with zero attached hydrogens (tertiary/aromatic N) is 4. The molecule has 2 heterocycles. The average molecular weight is 406 g/mol. The van der Waals surface area contributed by atoms with Crippen LogP contribution in [-0.2, 0) is 14.3 Å². The Morgan fingerprint density at radius 1 is 1.23 bits per heavy atom. The van der Waals surface area contributed by atoms with Crippen molar-refractivity contribution >= 4 is 29.1 Å². The SMILES string of the molecule is CCOC(=O)C1=NN(c2ccccc2)C(C(=O)NCCNc2ncccc2C#N)C1. The number of ether oxygens (including phenoxy) is 1. The standard InChI is InChI=1S/C21H22N6O3/c1-2-30-21(29)17-13-18(27(26-17)16-8-4-3-5-9-16)20(28)25-12-11-24-19-15(14-22)7-6-10-23-19/h3-10,18H,2,11-13H2,1H3,(H,23,24)(H,25,28). The van der Waals surface area contributed by atoms with E-state index in [-0.39, 0.29) is 24.6 Å². The number of nitrogens with one attached hydrogen (secondary N) is 2. The van der Waals surface area contributed by atoms with Crippen molar-refractivity contribution in [3.05, 3.63) is 54.2 Å². The molecule has 154 valence electrons. The predicted molar refractivity (Wildman–Crippen MR) is 112 cm³/mol. The summed E-state index contributed by atoms with van der Waals surface area (Å²) in [5, 5.41) is 20.8. The van der Waals surface area contributed by atoms with E-state index in [4.69, 9.17) is 10.00 Å². The van der Waals surface area contributed by atoms with Crippen molar-refractivity contribution in [2.24, 2.45) is 5.10 Å². The number of aromatic nitrogens is 1. The Balaban J connectivity index is 1.62. The van der Waals surface area contributed by atoms with Gasteiger partial charge < -0.3 is 15.4 Å². The van der Waals surface area contributed by atoms with Crippen molar-refractivity contribution in [1.82, 2.24) is 10.3 Å². The van der Waals surface area contributed by atoms with Crippen molar-refractivity contribution in [1.29, 1.82) is 5.26 Å². The highest BCUT2D eigenvalue weighted by atomic mass is 16.5. The van der Waals surface area contributed by atoms with Crippen molar-refractivity contribution < 1.29 is 14.3 Å². The maximum atomic E-state index is 12.8. The summed E-state index contributed by atoms with van der Waals surface area (Å²) < 4.78 is 5.04. The molecule has 0 fully saturated rings. The van der Waals surface area contributed by atoms with E-state index in [1.54, 1.807) is 30.3 Å². The van der Waals surface area contributed by atoms with Gasteiger partial charge in [-0.05, 0) is 31.2 Å². The first-order chi connectivity index (χ1) is 14.6. The van der Waals surface area contributed by atoms with Crippen LogP contribution in [0.5, 0.6) is 0 Å². The first-order valence-corrected chi connectivity index (χ1v) is 9.59. The topological polar surface area (TPSA) is 120 Å². The number of pyridine rings is 1. The van der Waals surface area contributed by atoms with Gasteiger partial charge in [-0.1, -0.05) is 18.2 Å². The van der Waals surface area contributed by atoms with E-state index < -0.39 is 12.0 Å². The lowest BCUT2D eigenvalue weighted by atomic mass is 10.1. The number of amides is 1. The van der Waals surface area contributed by atoms with Crippen LogP contribution in [0, 0.1) is 11.3 Å².